The Hall–Kier alpha value is -3.12. The lowest BCUT2D eigenvalue weighted by atomic mass is 9.55. The number of amides is 1. The van der Waals surface area contributed by atoms with Crippen molar-refractivity contribution in [3.05, 3.63) is 48.1 Å². The van der Waals surface area contributed by atoms with Crippen LogP contribution < -0.4 is 9.47 Å². The van der Waals surface area contributed by atoms with E-state index in [-0.39, 0.29) is 43.5 Å². The minimum Gasteiger partial charge on any atom is -0.492 e. The molecular weight excluding hydrogens is 759 g/mol. The average Bonchev–Trinajstić information content (AvgIpc) is 4.06. The quantitative estimate of drug-likeness (QED) is 0.0368. The third-order valence-corrected chi connectivity index (χ3v) is 12.8. The van der Waals surface area contributed by atoms with E-state index in [1.54, 1.807) is 18.0 Å². The molecule has 1 aromatic rings. The predicted molar refractivity (Wildman–Crippen MR) is 239 cm³/mol. The molecule has 1 aromatic carbocycles. The summed E-state index contributed by atoms with van der Waals surface area (Å²) in [5.74, 6) is 0.0201. The molecule has 0 aromatic heterocycles. The van der Waals surface area contributed by atoms with E-state index in [0.29, 0.717) is 31.8 Å². The van der Waals surface area contributed by atoms with Crippen LogP contribution in [0.25, 0.3) is 0 Å². The smallest absolute Gasteiger partial charge is 0.409 e. The van der Waals surface area contributed by atoms with Gasteiger partial charge in [-0.1, -0.05) is 94.9 Å². The Kier molecular flexibility index (Phi) is 19.1. The second-order valence-electron chi connectivity index (χ2n) is 18.6. The highest BCUT2D eigenvalue weighted by molar-refractivity contribution is 6.03. The number of aliphatic hydroxyl groups is 2. The van der Waals surface area contributed by atoms with Gasteiger partial charge in [-0.3, -0.25) is 4.90 Å². The lowest BCUT2D eigenvalue weighted by Gasteiger charge is -2.59. The van der Waals surface area contributed by atoms with E-state index in [1.807, 2.05) is 32.9 Å². The van der Waals surface area contributed by atoms with Gasteiger partial charge in [-0.25, -0.2) is 4.79 Å². The molecule has 2 fully saturated rings. The van der Waals surface area contributed by atoms with Crippen LogP contribution in [0.3, 0.4) is 0 Å². The molecule has 2 aliphatic carbocycles. The van der Waals surface area contributed by atoms with Crippen LogP contribution in [0.5, 0.6) is 11.5 Å². The number of oxime groups is 1. The van der Waals surface area contributed by atoms with E-state index < -0.39 is 23.5 Å². The Bertz CT molecular complexity index is 1540. The molecule has 0 radical (unpaired) electrons. The first-order chi connectivity index (χ1) is 29.1. The maximum absolute atomic E-state index is 14.2. The monoisotopic (exact) mass is 838 g/mol. The molecule has 6 atom stereocenters. The van der Waals surface area contributed by atoms with Gasteiger partial charge in [-0.05, 0) is 88.5 Å². The van der Waals surface area contributed by atoms with Crippen LogP contribution in [0.15, 0.2) is 47.7 Å². The van der Waals surface area contributed by atoms with Gasteiger partial charge in [0.1, 0.15) is 29.7 Å². The topological polar surface area (TPSA) is 122 Å². The number of fused-ring (bicyclic) bond motifs is 2. The number of unbranched alkanes of at least 4 members (excludes halogenated alkanes) is 11. The highest BCUT2D eigenvalue weighted by atomic mass is 16.7. The molecule has 60 heavy (non-hydrogen) atoms. The van der Waals surface area contributed by atoms with Gasteiger partial charge >= 0.3 is 6.09 Å². The van der Waals surface area contributed by atoms with Crippen LogP contribution in [0.4, 0.5) is 4.79 Å². The summed E-state index contributed by atoms with van der Waals surface area (Å²) in [5.41, 5.74) is 2.30. The Morgan fingerprint density at radius 3 is 2.30 bits per heavy atom. The van der Waals surface area contributed by atoms with E-state index in [2.05, 4.69) is 30.5 Å². The van der Waals surface area contributed by atoms with Gasteiger partial charge in [0.2, 0.25) is 5.79 Å². The number of benzene rings is 1. The van der Waals surface area contributed by atoms with Crippen molar-refractivity contribution in [2.75, 3.05) is 59.7 Å². The number of carbonyl (C=O) groups excluding carboxylic acids is 1. The summed E-state index contributed by atoms with van der Waals surface area (Å²) in [5, 5.41) is 24.7. The average molecular weight is 838 g/mol. The molecule has 2 N–H and O–H groups in total. The SMILES string of the molecule is C=CCO[C@@]12Oc3ccc(OCCN4CC4)cc3[C@H]3[C@H](CCCCO)[C@@H](CCCCO)C=C(C(=NOC(C)(C)C)C[C@@H]1N(C)C(=O)OCCCCCCCCCCCC)[C@H]32. The van der Waals surface area contributed by atoms with Gasteiger partial charge in [-0.2, -0.15) is 0 Å². The molecule has 338 valence electrons. The van der Waals surface area contributed by atoms with Crippen molar-refractivity contribution in [3.63, 3.8) is 0 Å². The first-order valence-electron chi connectivity index (χ1n) is 23.6. The van der Waals surface area contributed by atoms with Crippen LogP contribution in [-0.2, 0) is 14.3 Å². The lowest BCUT2D eigenvalue weighted by Crippen LogP contribution is -2.69. The Balaban J connectivity index is 1.51. The molecule has 0 unspecified atom stereocenters. The number of ether oxygens (including phenoxy) is 4. The zero-order valence-electron chi connectivity index (χ0n) is 37.8. The van der Waals surface area contributed by atoms with Gasteiger partial charge in [0.25, 0.3) is 0 Å². The summed E-state index contributed by atoms with van der Waals surface area (Å²) in [6.45, 7) is 16.8. The van der Waals surface area contributed by atoms with Crippen LogP contribution in [0.2, 0.25) is 0 Å². The third-order valence-electron chi connectivity index (χ3n) is 12.8. The van der Waals surface area contributed by atoms with Crippen molar-refractivity contribution >= 4 is 11.8 Å². The molecule has 2 aliphatic heterocycles. The predicted octanol–water partition coefficient (Wildman–Crippen LogP) is 9.80. The van der Waals surface area contributed by atoms with E-state index in [9.17, 15) is 15.0 Å². The highest BCUT2D eigenvalue weighted by Crippen LogP contribution is 2.62. The number of carbonyl (C=O) groups is 1. The molecule has 1 saturated carbocycles. The highest BCUT2D eigenvalue weighted by Gasteiger charge is 2.65. The molecule has 0 spiro atoms. The van der Waals surface area contributed by atoms with Crippen molar-refractivity contribution in [1.82, 2.24) is 9.80 Å². The maximum Gasteiger partial charge on any atom is 0.409 e. The van der Waals surface area contributed by atoms with E-state index >= 15 is 0 Å². The number of likely N-dealkylation sites (N-methyl/N-ethyl adjacent to an activating group) is 1. The minimum absolute atomic E-state index is 0.106. The summed E-state index contributed by atoms with van der Waals surface area (Å²) in [6.07, 6.45) is 21.0. The number of rotatable bonds is 28. The second kappa shape index (κ2) is 23.9. The fraction of sp³-hybridized carbons (Fsp3) is 0.755. The largest absolute Gasteiger partial charge is 0.492 e. The van der Waals surface area contributed by atoms with Crippen LogP contribution in [0.1, 0.15) is 148 Å². The Morgan fingerprint density at radius 1 is 0.967 bits per heavy atom. The normalized spacial score (nSPS) is 25.1. The number of nitrogens with zero attached hydrogens (tertiary/aromatic N) is 3. The van der Waals surface area contributed by atoms with E-state index in [1.165, 1.54) is 44.9 Å². The lowest BCUT2D eigenvalue weighted by molar-refractivity contribution is -0.253. The zero-order valence-corrected chi connectivity index (χ0v) is 37.8. The first kappa shape index (κ1) is 47.9. The number of hydrogen-bond donors (Lipinski definition) is 2. The Morgan fingerprint density at radius 2 is 1.65 bits per heavy atom. The van der Waals surface area contributed by atoms with Crippen molar-refractivity contribution in [3.8, 4) is 11.5 Å². The maximum atomic E-state index is 14.2. The van der Waals surface area contributed by atoms with Crippen LogP contribution in [0, 0.1) is 17.8 Å². The molecule has 1 saturated heterocycles. The summed E-state index contributed by atoms with van der Waals surface area (Å²) >= 11 is 0. The van der Waals surface area contributed by atoms with Gasteiger partial charge < -0.3 is 38.9 Å². The number of allylic oxidation sites excluding steroid dienone is 1. The minimum atomic E-state index is -1.31. The standard InChI is InChI=1S/C49H79N3O8/c1-7-9-10-11-12-13-14-15-16-21-32-57-47(55)51(6)44-36-42(50-60-48(3,4)5)40-34-37(22-17-19-29-53)39(23-18-20-30-54)45-41-35-38(56-33-28-52-26-27-52)24-25-43(41)59-49(44,46(40)45)58-31-8-2/h8,24-25,34-35,37,39,44-46,53-54H,2,7,9-23,26-33,36H2,1,3-6H3/t37-,39+,44-,45+,46+,49+/m0/s1. The van der Waals surface area contributed by atoms with Crippen LogP contribution in [-0.4, -0.2) is 109 Å². The summed E-state index contributed by atoms with van der Waals surface area (Å²) in [4.78, 5) is 24.4. The van der Waals surface area contributed by atoms with Gasteiger partial charge in [-0.15, -0.1) is 6.58 Å². The van der Waals surface area contributed by atoms with Crippen molar-refractivity contribution in [2.45, 2.75) is 160 Å². The fourth-order valence-electron chi connectivity index (χ4n) is 9.57. The summed E-state index contributed by atoms with van der Waals surface area (Å²) < 4.78 is 26.7. The van der Waals surface area contributed by atoms with Crippen LogP contribution >= 0.6 is 0 Å². The summed E-state index contributed by atoms with van der Waals surface area (Å²) in [6, 6.07) is 5.52. The van der Waals surface area contributed by atoms with Crippen molar-refractivity contribution in [1.29, 1.82) is 0 Å². The first-order valence-corrected chi connectivity index (χ1v) is 23.6. The molecule has 11 nitrogen and oxygen atoms in total. The zero-order chi connectivity index (χ0) is 43.0. The van der Waals surface area contributed by atoms with E-state index in [0.717, 1.165) is 93.6 Å². The number of aliphatic hydroxyl groups excluding tert-OH is 2. The second-order valence-corrected chi connectivity index (χ2v) is 18.6. The summed E-state index contributed by atoms with van der Waals surface area (Å²) in [7, 11) is 1.79. The van der Waals surface area contributed by atoms with E-state index in [4.69, 9.17) is 28.9 Å². The fourth-order valence-corrected chi connectivity index (χ4v) is 9.57. The molecule has 0 bridgehead atoms. The van der Waals surface area contributed by atoms with Gasteiger partial charge in [0.05, 0.1) is 24.8 Å². The molecule has 4 aliphatic rings. The van der Waals surface area contributed by atoms with Gasteiger partial charge in [0.15, 0.2) is 0 Å². The molecule has 2 heterocycles. The van der Waals surface area contributed by atoms with Gasteiger partial charge in [0, 0.05) is 57.8 Å². The molecule has 1 amide bonds. The number of hydrogen-bond acceptors (Lipinski definition) is 10. The van der Waals surface area contributed by atoms with Crippen molar-refractivity contribution in [2.24, 2.45) is 22.9 Å². The third kappa shape index (κ3) is 13.2. The molecular formula is C49H79N3O8. The van der Waals surface area contributed by atoms with Crippen molar-refractivity contribution < 1.29 is 38.8 Å². The molecule has 11 heteroatoms. The Labute approximate surface area is 361 Å². The molecule has 5 rings (SSSR count).